The molecule has 0 aromatic heterocycles. The molecule has 166 valence electrons. The van der Waals surface area contributed by atoms with Crippen LogP contribution in [0.3, 0.4) is 0 Å². The van der Waals surface area contributed by atoms with Crippen LogP contribution in [0.4, 0.5) is 17.1 Å². The number of nitrogens with zero attached hydrogens (tertiary/aromatic N) is 3. The summed E-state index contributed by atoms with van der Waals surface area (Å²) in [6, 6.07) is 13.1. The van der Waals surface area contributed by atoms with E-state index in [-0.39, 0.29) is 16.8 Å². The van der Waals surface area contributed by atoms with E-state index >= 15 is 0 Å². The SMILES string of the molecule is O=C(O)c1ccc(-c2ccc(C(=O)O)cc2/C=N\Nc2ccc([N+](=O)[O-])cc2[N+](=O)[O-])cc1. The van der Waals surface area contributed by atoms with Gasteiger partial charge in [0.25, 0.3) is 5.69 Å². The molecule has 0 atom stereocenters. The fourth-order valence-corrected chi connectivity index (χ4v) is 2.91. The molecular formula is C21H14N4O8. The second-order valence-electron chi connectivity index (χ2n) is 6.58. The average molecular weight is 450 g/mol. The molecule has 0 aliphatic rings. The molecule has 0 saturated heterocycles. The molecule has 3 aromatic rings. The largest absolute Gasteiger partial charge is 0.478 e. The van der Waals surface area contributed by atoms with Gasteiger partial charge in [-0.25, -0.2) is 9.59 Å². The summed E-state index contributed by atoms with van der Waals surface area (Å²) in [4.78, 5) is 43.0. The molecular weight excluding hydrogens is 436 g/mol. The average Bonchev–Trinajstić information content (AvgIpc) is 2.79. The fourth-order valence-electron chi connectivity index (χ4n) is 2.91. The number of hydrazone groups is 1. The van der Waals surface area contributed by atoms with Gasteiger partial charge < -0.3 is 10.2 Å². The van der Waals surface area contributed by atoms with E-state index in [9.17, 15) is 34.9 Å². The predicted octanol–water partition coefficient (Wildman–Crippen LogP) is 4.01. The van der Waals surface area contributed by atoms with Crippen molar-refractivity contribution < 1.29 is 29.6 Å². The first-order chi connectivity index (χ1) is 15.7. The minimum atomic E-state index is -1.18. The lowest BCUT2D eigenvalue weighted by Gasteiger charge is -2.08. The molecule has 3 aromatic carbocycles. The van der Waals surface area contributed by atoms with Gasteiger partial charge in [0.2, 0.25) is 0 Å². The predicted molar refractivity (Wildman–Crippen MR) is 117 cm³/mol. The quantitative estimate of drug-likeness (QED) is 0.259. The van der Waals surface area contributed by atoms with Crippen molar-refractivity contribution in [3.8, 4) is 11.1 Å². The topological polar surface area (TPSA) is 185 Å². The summed E-state index contributed by atoms with van der Waals surface area (Å²) >= 11 is 0. The zero-order valence-electron chi connectivity index (χ0n) is 16.5. The maximum absolute atomic E-state index is 11.4. The molecule has 0 aliphatic carbocycles. The minimum absolute atomic E-state index is 0.0383. The maximum atomic E-state index is 11.4. The third-order valence-corrected chi connectivity index (χ3v) is 4.52. The summed E-state index contributed by atoms with van der Waals surface area (Å²) in [6.45, 7) is 0. The summed E-state index contributed by atoms with van der Waals surface area (Å²) in [5, 5.41) is 44.4. The van der Waals surface area contributed by atoms with E-state index in [1.54, 1.807) is 12.1 Å². The molecule has 12 nitrogen and oxygen atoms in total. The number of hydrogen-bond donors (Lipinski definition) is 3. The molecule has 0 heterocycles. The Morgan fingerprint density at radius 2 is 1.48 bits per heavy atom. The molecule has 3 N–H and O–H groups in total. The molecule has 0 aliphatic heterocycles. The number of nitrogens with one attached hydrogen (secondary N) is 1. The van der Waals surface area contributed by atoms with Crippen LogP contribution in [0.2, 0.25) is 0 Å². The summed E-state index contributed by atoms with van der Waals surface area (Å²) in [6.07, 6.45) is 1.23. The number of non-ortho nitro benzene ring substituents is 1. The highest BCUT2D eigenvalue weighted by molar-refractivity contribution is 5.96. The Morgan fingerprint density at radius 3 is 2.06 bits per heavy atom. The van der Waals surface area contributed by atoms with Gasteiger partial charge in [-0.15, -0.1) is 0 Å². The van der Waals surface area contributed by atoms with Gasteiger partial charge in [0.05, 0.1) is 33.3 Å². The Labute approximate surface area is 184 Å². The van der Waals surface area contributed by atoms with Crippen molar-refractivity contribution in [2.75, 3.05) is 5.43 Å². The number of hydrogen-bond acceptors (Lipinski definition) is 8. The third kappa shape index (κ3) is 5.14. The number of carboxylic acids is 2. The minimum Gasteiger partial charge on any atom is -0.478 e. The van der Waals surface area contributed by atoms with Gasteiger partial charge in [-0.2, -0.15) is 5.10 Å². The van der Waals surface area contributed by atoms with Crippen LogP contribution in [0.25, 0.3) is 11.1 Å². The van der Waals surface area contributed by atoms with Gasteiger partial charge in [-0.05, 0) is 41.5 Å². The van der Waals surface area contributed by atoms with Crippen molar-refractivity contribution >= 4 is 35.2 Å². The zero-order chi connectivity index (χ0) is 24.1. The lowest BCUT2D eigenvalue weighted by atomic mass is 9.97. The second-order valence-corrected chi connectivity index (χ2v) is 6.58. The second kappa shape index (κ2) is 9.34. The molecule has 0 fully saturated rings. The van der Waals surface area contributed by atoms with Gasteiger partial charge in [-0.1, -0.05) is 18.2 Å². The van der Waals surface area contributed by atoms with Crippen LogP contribution in [0.15, 0.2) is 65.8 Å². The number of nitro benzene ring substituents is 2. The van der Waals surface area contributed by atoms with Crippen molar-refractivity contribution in [3.63, 3.8) is 0 Å². The van der Waals surface area contributed by atoms with E-state index in [1.165, 1.54) is 36.5 Å². The number of nitro groups is 2. The van der Waals surface area contributed by atoms with Crippen molar-refractivity contribution in [2.24, 2.45) is 5.10 Å². The molecule has 0 unspecified atom stereocenters. The summed E-state index contributed by atoms with van der Waals surface area (Å²) in [5.41, 5.74) is 2.78. The van der Waals surface area contributed by atoms with Crippen molar-refractivity contribution in [3.05, 3.63) is 97.6 Å². The van der Waals surface area contributed by atoms with Crippen molar-refractivity contribution in [1.82, 2.24) is 0 Å². The molecule has 0 amide bonds. The summed E-state index contributed by atoms with van der Waals surface area (Å²) in [7, 11) is 0. The van der Waals surface area contributed by atoms with E-state index in [4.69, 9.17) is 5.11 Å². The normalized spacial score (nSPS) is 10.7. The number of aromatic carboxylic acids is 2. The Hall–Kier alpha value is -5.13. The van der Waals surface area contributed by atoms with E-state index in [2.05, 4.69) is 10.5 Å². The zero-order valence-corrected chi connectivity index (χ0v) is 16.5. The maximum Gasteiger partial charge on any atom is 0.335 e. The Morgan fingerprint density at radius 1 is 0.848 bits per heavy atom. The highest BCUT2D eigenvalue weighted by atomic mass is 16.6. The van der Waals surface area contributed by atoms with E-state index < -0.39 is 33.2 Å². The molecule has 0 bridgehead atoms. The van der Waals surface area contributed by atoms with Gasteiger partial charge in [-0.3, -0.25) is 25.7 Å². The van der Waals surface area contributed by atoms with Gasteiger partial charge in [0.1, 0.15) is 5.69 Å². The molecule has 12 heteroatoms. The van der Waals surface area contributed by atoms with E-state index in [1.807, 2.05) is 0 Å². The summed E-state index contributed by atoms with van der Waals surface area (Å²) in [5.74, 6) is -2.28. The van der Waals surface area contributed by atoms with Gasteiger partial charge >= 0.3 is 17.6 Å². The van der Waals surface area contributed by atoms with Crippen LogP contribution in [0.5, 0.6) is 0 Å². The molecule has 33 heavy (non-hydrogen) atoms. The summed E-state index contributed by atoms with van der Waals surface area (Å²) < 4.78 is 0. The van der Waals surface area contributed by atoms with Crippen LogP contribution in [0.1, 0.15) is 26.3 Å². The smallest absolute Gasteiger partial charge is 0.335 e. The highest BCUT2D eigenvalue weighted by Gasteiger charge is 2.19. The third-order valence-electron chi connectivity index (χ3n) is 4.52. The van der Waals surface area contributed by atoms with E-state index in [0.29, 0.717) is 16.7 Å². The molecule has 0 saturated carbocycles. The lowest BCUT2D eigenvalue weighted by molar-refractivity contribution is -0.393. The van der Waals surface area contributed by atoms with Crippen LogP contribution in [0, 0.1) is 20.2 Å². The van der Waals surface area contributed by atoms with Crippen LogP contribution >= 0.6 is 0 Å². The van der Waals surface area contributed by atoms with E-state index in [0.717, 1.165) is 18.2 Å². The molecule has 3 rings (SSSR count). The van der Waals surface area contributed by atoms with Crippen LogP contribution in [-0.4, -0.2) is 38.2 Å². The number of rotatable bonds is 8. The standard InChI is InChI=1S/C21H14N4O8/c26-20(27)13-3-1-12(2-4-13)17-7-5-14(21(28)29)9-15(17)11-22-23-18-8-6-16(24(30)31)10-19(18)25(32)33/h1-11,23H,(H,26,27)(H,28,29)/b22-11-. The van der Waals surface area contributed by atoms with Crippen molar-refractivity contribution in [2.45, 2.75) is 0 Å². The van der Waals surface area contributed by atoms with Gasteiger partial charge in [0.15, 0.2) is 0 Å². The number of benzene rings is 3. The van der Waals surface area contributed by atoms with Crippen LogP contribution in [-0.2, 0) is 0 Å². The lowest BCUT2D eigenvalue weighted by Crippen LogP contribution is -2.01. The Balaban J connectivity index is 1.98. The van der Waals surface area contributed by atoms with Crippen LogP contribution < -0.4 is 5.43 Å². The number of carbonyl (C=O) groups is 2. The first-order valence-corrected chi connectivity index (χ1v) is 9.10. The first-order valence-electron chi connectivity index (χ1n) is 9.10. The number of anilines is 1. The fraction of sp³-hybridized carbons (Fsp3) is 0. The number of carboxylic acid groups (broad SMARTS) is 2. The Kier molecular flexibility index (Phi) is 6.39. The monoisotopic (exact) mass is 450 g/mol. The first kappa shape index (κ1) is 22.6. The van der Waals surface area contributed by atoms with Gasteiger partial charge in [0, 0.05) is 11.6 Å². The molecule has 0 spiro atoms. The molecule has 0 radical (unpaired) electrons. The highest BCUT2D eigenvalue weighted by Crippen LogP contribution is 2.29. The van der Waals surface area contributed by atoms with Crippen molar-refractivity contribution in [1.29, 1.82) is 0 Å². The Bertz CT molecular complexity index is 1300.